The zero-order chi connectivity index (χ0) is 16.1. The van der Waals surface area contributed by atoms with Crippen LogP contribution in [0.5, 0.6) is 5.75 Å². The predicted molar refractivity (Wildman–Crippen MR) is 85.2 cm³/mol. The molecule has 8 heteroatoms. The van der Waals surface area contributed by atoms with Crippen LogP contribution in [0.3, 0.4) is 0 Å². The molecule has 118 valence electrons. The average molecular weight is 312 g/mol. The number of amides is 1. The number of benzene rings is 1. The van der Waals surface area contributed by atoms with Crippen molar-refractivity contribution in [1.82, 2.24) is 25.3 Å². The highest BCUT2D eigenvalue weighted by Gasteiger charge is 2.06. The van der Waals surface area contributed by atoms with E-state index in [1.165, 1.54) is 18.5 Å². The number of carbonyl (C=O) groups is 1. The van der Waals surface area contributed by atoms with Gasteiger partial charge in [-0.1, -0.05) is 6.07 Å². The molecule has 23 heavy (non-hydrogen) atoms. The first kappa shape index (κ1) is 14.8. The highest BCUT2D eigenvalue weighted by atomic mass is 16.3. The van der Waals surface area contributed by atoms with Gasteiger partial charge < -0.3 is 20.7 Å². The third-order valence-corrected chi connectivity index (χ3v) is 3.26. The summed E-state index contributed by atoms with van der Waals surface area (Å²) in [6, 6.07) is 6.25. The minimum Gasteiger partial charge on any atom is -0.508 e. The van der Waals surface area contributed by atoms with Gasteiger partial charge in [0.15, 0.2) is 11.5 Å². The van der Waals surface area contributed by atoms with Gasteiger partial charge in [-0.25, -0.2) is 15.0 Å². The van der Waals surface area contributed by atoms with Gasteiger partial charge in [0.05, 0.1) is 6.33 Å². The molecule has 0 atom stereocenters. The molecular formula is C15H16N6O2. The van der Waals surface area contributed by atoms with Crippen molar-refractivity contribution in [3.8, 4) is 5.75 Å². The number of hydrogen-bond donors (Lipinski definition) is 4. The fraction of sp³-hybridized carbons (Fsp3) is 0.200. The second-order valence-corrected chi connectivity index (χ2v) is 4.91. The Balaban J connectivity index is 1.45. The topological polar surface area (TPSA) is 116 Å². The molecule has 3 aromatic rings. The third-order valence-electron chi connectivity index (χ3n) is 3.26. The number of phenolic OH excluding ortho intramolecular Hbond substituents is 1. The average Bonchev–Trinajstić information content (AvgIpc) is 3.03. The van der Waals surface area contributed by atoms with E-state index in [2.05, 4.69) is 30.6 Å². The normalized spacial score (nSPS) is 10.6. The van der Waals surface area contributed by atoms with Crippen LogP contribution in [0, 0.1) is 0 Å². The number of H-pyrrole nitrogens is 1. The lowest BCUT2D eigenvalue weighted by Gasteiger charge is -2.07. The van der Waals surface area contributed by atoms with Crippen LogP contribution < -0.4 is 10.6 Å². The molecule has 3 rings (SSSR count). The van der Waals surface area contributed by atoms with E-state index in [0.29, 0.717) is 30.1 Å². The van der Waals surface area contributed by atoms with E-state index in [4.69, 9.17) is 0 Å². The summed E-state index contributed by atoms with van der Waals surface area (Å²) in [5, 5.41) is 15.3. The Morgan fingerprint density at radius 1 is 1.22 bits per heavy atom. The molecule has 0 saturated carbocycles. The molecule has 8 nitrogen and oxygen atoms in total. The predicted octanol–water partition coefficient (Wildman–Crippen LogP) is 1.29. The van der Waals surface area contributed by atoms with Gasteiger partial charge in [0.1, 0.15) is 17.6 Å². The molecule has 4 N–H and O–H groups in total. The Morgan fingerprint density at radius 3 is 3.00 bits per heavy atom. The molecule has 1 amide bonds. The number of aromatic amines is 1. The first-order valence-corrected chi connectivity index (χ1v) is 7.19. The molecule has 2 aromatic heterocycles. The highest BCUT2D eigenvalue weighted by molar-refractivity contribution is 5.94. The number of imidazole rings is 1. The number of nitrogens with one attached hydrogen (secondary N) is 3. The Kier molecular flexibility index (Phi) is 4.32. The summed E-state index contributed by atoms with van der Waals surface area (Å²) in [4.78, 5) is 27.1. The molecule has 0 aliphatic carbocycles. The van der Waals surface area contributed by atoms with Crippen LogP contribution in [0.2, 0.25) is 0 Å². The van der Waals surface area contributed by atoms with Crippen LogP contribution in [0.4, 0.5) is 5.82 Å². The van der Waals surface area contributed by atoms with Crippen LogP contribution in [-0.2, 0) is 0 Å². The Morgan fingerprint density at radius 2 is 2.13 bits per heavy atom. The van der Waals surface area contributed by atoms with Crippen molar-refractivity contribution >= 4 is 22.9 Å². The summed E-state index contributed by atoms with van der Waals surface area (Å²) < 4.78 is 0. The summed E-state index contributed by atoms with van der Waals surface area (Å²) in [5.41, 5.74) is 1.81. The van der Waals surface area contributed by atoms with Crippen molar-refractivity contribution in [3.63, 3.8) is 0 Å². The fourth-order valence-electron chi connectivity index (χ4n) is 2.15. The Labute approximate surface area is 132 Å². The molecule has 2 heterocycles. The van der Waals surface area contributed by atoms with Crippen molar-refractivity contribution in [2.75, 3.05) is 18.4 Å². The highest BCUT2D eigenvalue weighted by Crippen LogP contribution is 2.14. The van der Waals surface area contributed by atoms with E-state index in [-0.39, 0.29) is 11.7 Å². The Bertz CT molecular complexity index is 816. The molecule has 0 fully saturated rings. The first-order chi connectivity index (χ1) is 11.2. The molecule has 0 radical (unpaired) electrons. The van der Waals surface area contributed by atoms with Crippen molar-refractivity contribution < 1.29 is 9.90 Å². The molecule has 0 spiro atoms. The van der Waals surface area contributed by atoms with Crippen LogP contribution in [0.1, 0.15) is 16.8 Å². The number of aromatic hydroxyl groups is 1. The number of anilines is 1. The third kappa shape index (κ3) is 3.54. The van der Waals surface area contributed by atoms with Crippen LogP contribution >= 0.6 is 0 Å². The van der Waals surface area contributed by atoms with Crippen LogP contribution in [-0.4, -0.2) is 44.0 Å². The molecule has 0 aliphatic heterocycles. The number of phenols is 1. The number of nitrogens with zero attached hydrogens (tertiary/aromatic N) is 3. The SMILES string of the molecule is O=C(NCCCNc1ncnc2nc[nH]c12)c1cccc(O)c1. The van der Waals surface area contributed by atoms with Gasteiger partial charge >= 0.3 is 0 Å². The lowest BCUT2D eigenvalue weighted by atomic mass is 10.2. The van der Waals surface area contributed by atoms with Gasteiger partial charge in [-0.2, -0.15) is 0 Å². The fourth-order valence-corrected chi connectivity index (χ4v) is 2.15. The summed E-state index contributed by atoms with van der Waals surface area (Å²) in [6.45, 7) is 1.16. The van der Waals surface area contributed by atoms with E-state index >= 15 is 0 Å². The minimum absolute atomic E-state index is 0.0756. The van der Waals surface area contributed by atoms with Crippen LogP contribution in [0.15, 0.2) is 36.9 Å². The standard InChI is InChI=1S/C15H16N6O2/c22-11-4-1-3-10(7-11)15(23)17-6-2-5-16-13-12-14(19-8-18-12)21-9-20-13/h1,3-4,7-9,22H,2,5-6H2,(H,17,23)(H2,16,18,19,20,21). The summed E-state index contributed by atoms with van der Waals surface area (Å²) in [7, 11) is 0. The van der Waals surface area contributed by atoms with Crippen molar-refractivity contribution in [2.24, 2.45) is 0 Å². The zero-order valence-corrected chi connectivity index (χ0v) is 12.3. The smallest absolute Gasteiger partial charge is 0.251 e. The van der Waals surface area contributed by atoms with Gasteiger partial charge in [-0.15, -0.1) is 0 Å². The lowest BCUT2D eigenvalue weighted by Crippen LogP contribution is -2.25. The van der Waals surface area contributed by atoms with E-state index in [1.54, 1.807) is 18.5 Å². The number of rotatable bonds is 6. The monoisotopic (exact) mass is 312 g/mol. The number of hydrogen-bond acceptors (Lipinski definition) is 6. The van der Waals surface area contributed by atoms with E-state index < -0.39 is 0 Å². The van der Waals surface area contributed by atoms with E-state index in [0.717, 1.165) is 11.9 Å². The van der Waals surface area contributed by atoms with Crippen molar-refractivity contribution in [1.29, 1.82) is 0 Å². The van der Waals surface area contributed by atoms with E-state index in [9.17, 15) is 9.90 Å². The maximum atomic E-state index is 11.9. The molecule has 0 aliphatic rings. The molecule has 0 bridgehead atoms. The zero-order valence-electron chi connectivity index (χ0n) is 12.3. The second kappa shape index (κ2) is 6.73. The molecule has 1 aromatic carbocycles. The summed E-state index contributed by atoms with van der Waals surface area (Å²) in [6.07, 6.45) is 3.75. The van der Waals surface area contributed by atoms with Gasteiger partial charge in [0.25, 0.3) is 5.91 Å². The first-order valence-electron chi connectivity index (χ1n) is 7.19. The van der Waals surface area contributed by atoms with Crippen molar-refractivity contribution in [2.45, 2.75) is 6.42 Å². The number of aromatic nitrogens is 4. The van der Waals surface area contributed by atoms with Gasteiger partial charge in [0.2, 0.25) is 0 Å². The maximum Gasteiger partial charge on any atom is 0.251 e. The van der Waals surface area contributed by atoms with Gasteiger partial charge in [0, 0.05) is 18.7 Å². The molecule has 0 saturated heterocycles. The summed E-state index contributed by atoms with van der Waals surface area (Å²) in [5.74, 6) is 0.553. The minimum atomic E-state index is -0.209. The van der Waals surface area contributed by atoms with Crippen LogP contribution in [0.25, 0.3) is 11.2 Å². The second-order valence-electron chi connectivity index (χ2n) is 4.91. The summed E-state index contributed by atoms with van der Waals surface area (Å²) >= 11 is 0. The Hall–Kier alpha value is -3.16. The molecular weight excluding hydrogens is 296 g/mol. The van der Waals surface area contributed by atoms with Gasteiger partial charge in [-0.3, -0.25) is 4.79 Å². The maximum absolute atomic E-state index is 11.9. The number of carbonyl (C=O) groups excluding carboxylic acids is 1. The number of fused-ring (bicyclic) bond motifs is 1. The quantitative estimate of drug-likeness (QED) is 0.510. The van der Waals surface area contributed by atoms with Gasteiger partial charge in [-0.05, 0) is 24.6 Å². The van der Waals surface area contributed by atoms with E-state index in [1.807, 2.05) is 0 Å². The molecule has 0 unspecified atom stereocenters. The largest absolute Gasteiger partial charge is 0.508 e. The lowest BCUT2D eigenvalue weighted by molar-refractivity contribution is 0.0953. The van der Waals surface area contributed by atoms with Crippen molar-refractivity contribution in [3.05, 3.63) is 42.5 Å².